The summed E-state index contributed by atoms with van der Waals surface area (Å²) in [7, 11) is 1.68. The molecule has 2 aromatic rings. The first-order valence-corrected chi connectivity index (χ1v) is 5.89. The van der Waals surface area contributed by atoms with E-state index in [9.17, 15) is 4.39 Å². The Labute approximate surface area is 107 Å². The number of nitrogens with zero attached hydrogens (tertiary/aromatic N) is 3. The van der Waals surface area contributed by atoms with Crippen LogP contribution in [0.3, 0.4) is 0 Å². The van der Waals surface area contributed by atoms with Crippen molar-refractivity contribution < 1.29 is 4.39 Å². The first-order chi connectivity index (χ1) is 8.17. The number of benzene rings is 1. The number of anilines is 1. The van der Waals surface area contributed by atoms with Crippen LogP contribution in [-0.2, 0) is 0 Å². The minimum atomic E-state index is -0.302. The molecule has 0 fully saturated rings. The van der Waals surface area contributed by atoms with Gasteiger partial charge in [0, 0.05) is 11.9 Å². The Hall–Kier alpha value is -1.40. The number of aromatic nitrogens is 3. The van der Waals surface area contributed by atoms with E-state index in [4.69, 9.17) is 11.6 Å². The number of halogens is 2. The van der Waals surface area contributed by atoms with Crippen molar-refractivity contribution in [3.05, 3.63) is 35.4 Å². The van der Waals surface area contributed by atoms with Crippen molar-refractivity contribution in [2.45, 2.75) is 10.1 Å². The van der Waals surface area contributed by atoms with Gasteiger partial charge in [-0.15, -0.1) is 0 Å². The molecule has 0 spiro atoms. The number of nitrogens with one attached hydrogen (secondary N) is 1. The fourth-order valence-electron chi connectivity index (χ4n) is 1.13. The lowest BCUT2D eigenvalue weighted by atomic mass is 10.4. The average molecular weight is 271 g/mol. The fourth-order valence-corrected chi connectivity index (χ4v) is 2.13. The lowest BCUT2D eigenvalue weighted by Crippen LogP contribution is -1.99. The van der Waals surface area contributed by atoms with Crippen LogP contribution in [0.25, 0.3) is 0 Å². The average Bonchev–Trinajstić information content (AvgIpc) is 2.28. The molecule has 1 aromatic carbocycles. The molecule has 0 amide bonds. The van der Waals surface area contributed by atoms with Crippen molar-refractivity contribution in [2.24, 2.45) is 0 Å². The number of hydrogen-bond donors (Lipinski definition) is 1. The van der Waals surface area contributed by atoms with Crippen LogP contribution in [-0.4, -0.2) is 22.0 Å². The van der Waals surface area contributed by atoms with E-state index in [0.717, 1.165) is 0 Å². The summed E-state index contributed by atoms with van der Waals surface area (Å²) in [5.74, 6) is 0.0768. The van der Waals surface area contributed by atoms with Crippen molar-refractivity contribution in [1.82, 2.24) is 15.0 Å². The summed E-state index contributed by atoms with van der Waals surface area (Å²) in [5.41, 5.74) is 0. The third kappa shape index (κ3) is 3.28. The quantitative estimate of drug-likeness (QED) is 0.929. The van der Waals surface area contributed by atoms with Crippen LogP contribution < -0.4 is 5.32 Å². The standard InChI is InChI=1S/C10H8ClFN4S/c1-13-9-14-8(11)15-10(16-9)17-7-4-2-3-6(12)5-7/h2-5H,1H3,(H,13,14,15,16). The van der Waals surface area contributed by atoms with E-state index >= 15 is 0 Å². The summed E-state index contributed by atoms with van der Waals surface area (Å²) in [5, 5.41) is 3.29. The topological polar surface area (TPSA) is 50.7 Å². The first-order valence-electron chi connectivity index (χ1n) is 4.70. The molecule has 2 rings (SSSR count). The predicted molar refractivity (Wildman–Crippen MR) is 64.9 cm³/mol. The Kier molecular flexibility index (Phi) is 3.75. The highest BCUT2D eigenvalue weighted by Gasteiger charge is 2.06. The molecular formula is C10H8ClFN4S. The fraction of sp³-hybridized carbons (Fsp3) is 0.100. The van der Waals surface area contributed by atoms with Gasteiger partial charge in [0.25, 0.3) is 0 Å². The second-order valence-corrected chi connectivity index (χ2v) is 4.40. The van der Waals surface area contributed by atoms with Gasteiger partial charge in [0.1, 0.15) is 5.82 Å². The first kappa shape index (κ1) is 12.1. The molecule has 4 nitrogen and oxygen atoms in total. The molecule has 0 saturated heterocycles. The van der Waals surface area contributed by atoms with E-state index in [0.29, 0.717) is 16.0 Å². The molecule has 7 heteroatoms. The molecular weight excluding hydrogens is 263 g/mol. The molecule has 0 unspecified atom stereocenters. The van der Waals surface area contributed by atoms with E-state index in [-0.39, 0.29) is 11.1 Å². The van der Waals surface area contributed by atoms with Gasteiger partial charge in [-0.2, -0.15) is 15.0 Å². The minimum Gasteiger partial charge on any atom is -0.357 e. The van der Waals surface area contributed by atoms with E-state index < -0.39 is 0 Å². The van der Waals surface area contributed by atoms with Crippen molar-refractivity contribution >= 4 is 29.3 Å². The van der Waals surface area contributed by atoms with Gasteiger partial charge in [-0.05, 0) is 41.6 Å². The van der Waals surface area contributed by atoms with Crippen molar-refractivity contribution in [3.63, 3.8) is 0 Å². The van der Waals surface area contributed by atoms with Gasteiger partial charge in [0.2, 0.25) is 11.2 Å². The molecule has 0 atom stereocenters. The van der Waals surface area contributed by atoms with Crippen LogP contribution in [0, 0.1) is 5.82 Å². The van der Waals surface area contributed by atoms with Crippen molar-refractivity contribution in [1.29, 1.82) is 0 Å². The van der Waals surface area contributed by atoms with Gasteiger partial charge in [-0.25, -0.2) is 4.39 Å². The second-order valence-electron chi connectivity index (χ2n) is 3.02. The molecule has 1 heterocycles. The zero-order chi connectivity index (χ0) is 12.3. The Bertz CT molecular complexity index is 537. The summed E-state index contributed by atoms with van der Waals surface area (Å²) in [6.07, 6.45) is 0. The van der Waals surface area contributed by atoms with Gasteiger partial charge in [0.15, 0.2) is 5.16 Å². The zero-order valence-corrected chi connectivity index (χ0v) is 10.4. The Balaban J connectivity index is 2.26. The highest BCUT2D eigenvalue weighted by molar-refractivity contribution is 7.99. The van der Waals surface area contributed by atoms with Gasteiger partial charge in [0.05, 0.1) is 0 Å². The highest BCUT2D eigenvalue weighted by Crippen LogP contribution is 2.26. The number of hydrogen-bond acceptors (Lipinski definition) is 5. The maximum absolute atomic E-state index is 13.0. The van der Waals surface area contributed by atoms with E-state index in [1.165, 1.54) is 23.9 Å². The zero-order valence-electron chi connectivity index (χ0n) is 8.82. The molecule has 0 aliphatic rings. The van der Waals surface area contributed by atoms with E-state index in [1.54, 1.807) is 19.2 Å². The third-order valence-corrected chi connectivity index (χ3v) is 2.84. The van der Waals surface area contributed by atoms with Crippen LogP contribution in [0.1, 0.15) is 0 Å². The summed E-state index contributed by atoms with van der Waals surface area (Å²) >= 11 is 6.96. The van der Waals surface area contributed by atoms with Gasteiger partial charge < -0.3 is 5.32 Å². The molecule has 0 aliphatic carbocycles. The van der Waals surface area contributed by atoms with Gasteiger partial charge in [-0.3, -0.25) is 0 Å². The van der Waals surface area contributed by atoms with Crippen LogP contribution in [0.2, 0.25) is 5.28 Å². The Morgan fingerprint density at radius 2 is 2.12 bits per heavy atom. The molecule has 17 heavy (non-hydrogen) atoms. The number of rotatable bonds is 3. The molecule has 0 bridgehead atoms. The highest BCUT2D eigenvalue weighted by atomic mass is 35.5. The normalized spacial score (nSPS) is 10.3. The van der Waals surface area contributed by atoms with E-state index in [2.05, 4.69) is 20.3 Å². The lowest BCUT2D eigenvalue weighted by Gasteiger charge is -2.03. The second kappa shape index (κ2) is 5.29. The largest absolute Gasteiger partial charge is 0.357 e. The summed E-state index contributed by atoms with van der Waals surface area (Å²) in [4.78, 5) is 12.6. The molecule has 88 valence electrons. The van der Waals surface area contributed by atoms with Crippen LogP contribution in [0.15, 0.2) is 34.3 Å². The maximum Gasteiger partial charge on any atom is 0.228 e. The molecule has 0 aliphatic heterocycles. The van der Waals surface area contributed by atoms with E-state index in [1.807, 2.05) is 0 Å². The maximum atomic E-state index is 13.0. The lowest BCUT2D eigenvalue weighted by molar-refractivity contribution is 0.624. The van der Waals surface area contributed by atoms with Gasteiger partial charge in [-0.1, -0.05) is 6.07 Å². The van der Waals surface area contributed by atoms with Crippen molar-refractivity contribution in [2.75, 3.05) is 12.4 Å². The van der Waals surface area contributed by atoms with Crippen molar-refractivity contribution in [3.8, 4) is 0 Å². The Morgan fingerprint density at radius 1 is 1.29 bits per heavy atom. The minimum absolute atomic E-state index is 0.100. The Morgan fingerprint density at radius 3 is 2.82 bits per heavy atom. The monoisotopic (exact) mass is 270 g/mol. The molecule has 1 aromatic heterocycles. The summed E-state index contributed by atoms with van der Waals surface area (Å²) in [6.45, 7) is 0. The summed E-state index contributed by atoms with van der Waals surface area (Å²) < 4.78 is 13.0. The smallest absolute Gasteiger partial charge is 0.228 e. The molecule has 0 radical (unpaired) electrons. The van der Waals surface area contributed by atoms with Gasteiger partial charge >= 0.3 is 0 Å². The van der Waals surface area contributed by atoms with Crippen LogP contribution in [0.5, 0.6) is 0 Å². The molecule has 0 saturated carbocycles. The van der Waals surface area contributed by atoms with Crippen LogP contribution in [0.4, 0.5) is 10.3 Å². The predicted octanol–water partition coefficient (Wildman–Crippen LogP) is 2.86. The third-order valence-electron chi connectivity index (χ3n) is 1.82. The van der Waals surface area contributed by atoms with Crippen LogP contribution >= 0.6 is 23.4 Å². The summed E-state index contributed by atoms with van der Waals surface area (Å²) in [6, 6.07) is 6.18. The molecule has 1 N–H and O–H groups in total. The SMILES string of the molecule is CNc1nc(Cl)nc(Sc2cccc(F)c2)n1.